The minimum Gasteiger partial charge on any atom is -0.478 e. The molecule has 0 atom stereocenters. The summed E-state index contributed by atoms with van der Waals surface area (Å²) in [6.07, 6.45) is 6.59. The smallest absolute Gasteiger partial charge is 0.327 e. The molecule has 0 aromatic rings. The number of rotatable bonds is 1. The zero-order valence-electron chi connectivity index (χ0n) is 8.12. The molecule has 0 aromatic carbocycles. The molecule has 0 aliphatic heterocycles. The van der Waals surface area contributed by atoms with Crippen LogP contribution in [0.3, 0.4) is 0 Å². The molecule has 2 N–H and O–H groups in total. The van der Waals surface area contributed by atoms with Crippen LogP contribution in [0.4, 0.5) is 0 Å². The summed E-state index contributed by atoms with van der Waals surface area (Å²) in [5.41, 5.74) is -0.321. The molecule has 3 nitrogen and oxygen atoms in total. The fraction of sp³-hybridized carbons (Fsp3) is 0.700. The van der Waals surface area contributed by atoms with Gasteiger partial charge in [-0.05, 0) is 19.8 Å². The van der Waals surface area contributed by atoms with Gasteiger partial charge in [0.05, 0.1) is 5.60 Å². The van der Waals surface area contributed by atoms with Crippen LogP contribution in [0.25, 0.3) is 0 Å². The lowest BCUT2D eigenvalue weighted by atomic mass is 9.87. The quantitative estimate of drug-likeness (QED) is 0.615. The highest BCUT2D eigenvalue weighted by Crippen LogP contribution is 2.26. The first kappa shape index (κ1) is 12.2. The minimum absolute atomic E-state index is 0.321. The highest BCUT2D eigenvalue weighted by Gasteiger charge is 2.22. The van der Waals surface area contributed by atoms with Gasteiger partial charge in [-0.2, -0.15) is 0 Å². The number of carboxylic acids is 1. The van der Waals surface area contributed by atoms with E-state index in [4.69, 9.17) is 5.11 Å². The third-order valence-electron chi connectivity index (χ3n) is 2.11. The lowest BCUT2D eigenvalue weighted by Crippen LogP contribution is -2.26. The number of carbonyl (C=O) groups is 1. The van der Waals surface area contributed by atoms with Crippen molar-refractivity contribution in [2.45, 2.75) is 44.6 Å². The first-order valence-electron chi connectivity index (χ1n) is 4.56. The Morgan fingerprint density at radius 3 is 1.92 bits per heavy atom. The van der Waals surface area contributed by atoms with E-state index in [1.54, 1.807) is 0 Å². The van der Waals surface area contributed by atoms with Gasteiger partial charge in [-0.25, -0.2) is 4.79 Å². The average molecular weight is 186 g/mol. The van der Waals surface area contributed by atoms with Crippen molar-refractivity contribution in [2.75, 3.05) is 0 Å². The molecule has 0 amide bonds. The fourth-order valence-corrected chi connectivity index (χ4v) is 1.31. The summed E-state index contributed by atoms with van der Waals surface area (Å²) >= 11 is 0. The second-order valence-corrected chi connectivity index (χ2v) is 3.60. The molecule has 0 saturated heterocycles. The summed E-state index contributed by atoms with van der Waals surface area (Å²) in [7, 11) is 0. The molecule has 0 radical (unpaired) electrons. The molecule has 3 heteroatoms. The molecule has 1 aliphatic carbocycles. The maximum absolute atomic E-state index is 9.37. The summed E-state index contributed by atoms with van der Waals surface area (Å²) in [6, 6.07) is 0. The van der Waals surface area contributed by atoms with Crippen LogP contribution in [0.5, 0.6) is 0 Å². The van der Waals surface area contributed by atoms with Gasteiger partial charge in [0.1, 0.15) is 0 Å². The van der Waals surface area contributed by atoms with E-state index >= 15 is 0 Å². The van der Waals surface area contributed by atoms with Crippen molar-refractivity contribution in [3.63, 3.8) is 0 Å². The molecule has 0 bridgehead atoms. The molecule has 1 saturated carbocycles. The van der Waals surface area contributed by atoms with Crippen LogP contribution in [0.15, 0.2) is 12.7 Å². The van der Waals surface area contributed by atoms with Crippen molar-refractivity contribution in [1.82, 2.24) is 0 Å². The lowest BCUT2D eigenvalue weighted by Gasteiger charge is -2.27. The number of aliphatic carboxylic acids is 1. The van der Waals surface area contributed by atoms with E-state index in [9.17, 15) is 9.90 Å². The topological polar surface area (TPSA) is 57.5 Å². The van der Waals surface area contributed by atoms with Crippen molar-refractivity contribution in [2.24, 2.45) is 0 Å². The number of hydrogen-bond donors (Lipinski definition) is 2. The Labute approximate surface area is 79.1 Å². The third-order valence-corrected chi connectivity index (χ3v) is 2.11. The summed E-state index contributed by atoms with van der Waals surface area (Å²) in [5.74, 6) is -0.981. The molecule has 0 spiro atoms. The fourth-order valence-electron chi connectivity index (χ4n) is 1.31. The Morgan fingerprint density at radius 2 is 1.77 bits per heavy atom. The van der Waals surface area contributed by atoms with Crippen LogP contribution in [-0.2, 0) is 4.79 Å². The van der Waals surface area contributed by atoms with Crippen molar-refractivity contribution in [1.29, 1.82) is 0 Å². The van der Waals surface area contributed by atoms with Crippen LogP contribution < -0.4 is 0 Å². The van der Waals surface area contributed by atoms with Crippen molar-refractivity contribution >= 4 is 5.97 Å². The zero-order valence-corrected chi connectivity index (χ0v) is 8.12. The molecule has 0 aromatic heterocycles. The summed E-state index contributed by atoms with van der Waals surface area (Å²) in [5, 5.41) is 17.0. The number of carboxylic acid groups (broad SMARTS) is 1. The first-order chi connectivity index (χ1) is 5.98. The third kappa shape index (κ3) is 7.53. The molecular weight excluding hydrogens is 168 g/mol. The minimum atomic E-state index is -0.981. The van der Waals surface area contributed by atoms with Crippen LogP contribution in [0.1, 0.15) is 39.0 Å². The average Bonchev–Trinajstić information content (AvgIpc) is 2.05. The molecule has 0 unspecified atom stereocenters. The van der Waals surface area contributed by atoms with Gasteiger partial charge < -0.3 is 10.2 Å². The van der Waals surface area contributed by atoms with Gasteiger partial charge in [0.2, 0.25) is 0 Å². The Kier molecular flexibility index (Phi) is 5.39. The molecule has 1 fully saturated rings. The van der Waals surface area contributed by atoms with Crippen LogP contribution in [0.2, 0.25) is 0 Å². The molecule has 13 heavy (non-hydrogen) atoms. The van der Waals surface area contributed by atoms with Gasteiger partial charge in [0, 0.05) is 6.08 Å². The number of hydrogen-bond acceptors (Lipinski definition) is 2. The van der Waals surface area contributed by atoms with Gasteiger partial charge in [-0.3, -0.25) is 0 Å². The first-order valence-corrected chi connectivity index (χ1v) is 4.56. The highest BCUT2D eigenvalue weighted by atomic mass is 16.4. The molecule has 1 aliphatic rings. The predicted octanol–water partition coefficient (Wildman–Crippen LogP) is 1.96. The van der Waals surface area contributed by atoms with E-state index in [1.807, 2.05) is 6.92 Å². The predicted molar refractivity (Wildman–Crippen MR) is 51.5 cm³/mol. The molecule has 1 rings (SSSR count). The summed E-state index contributed by atoms with van der Waals surface area (Å²) in [4.78, 5) is 9.25. The maximum atomic E-state index is 9.37. The molecule has 76 valence electrons. The van der Waals surface area contributed by atoms with Crippen molar-refractivity contribution < 1.29 is 15.0 Å². The van der Waals surface area contributed by atoms with Crippen LogP contribution >= 0.6 is 0 Å². The second kappa shape index (κ2) is 5.75. The number of aliphatic hydroxyl groups is 1. The van der Waals surface area contributed by atoms with Gasteiger partial charge in [0.25, 0.3) is 0 Å². The molecule has 0 heterocycles. The SMILES string of the molecule is C=CC(=O)O.CC1(O)CCCCC1. The monoisotopic (exact) mass is 186 g/mol. The van der Waals surface area contributed by atoms with E-state index in [0.29, 0.717) is 0 Å². The normalized spacial score (nSPS) is 19.5. The van der Waals surface area contributed by atoms with E-state index in [2.05, 4.69) is 6.58 Å². The van der Waals surface area contributed by atoms with Crippen LogP contribution in [0, 0.1) is 0 Å². The van der Waals surface area contributed by atoms with Gasteiger partial charge in [0.15, 0.2) is 0 Å². The highest BCUT2D eigenvalue weighted by molar-refractivity contribution is 5.78. The van der Waals surface area contributed by atoms with E-state index in [-0.39, 0.29) is 5.60 Å². The van der Waals surface area contributed by atoms with E-state index in [1.165, 1.54) is 19.3 Å². The van der Waals surface area contributed by atoms with Gasteiger partial charge in [-0.15, -0.1) is 0 Å². The Bertz CT molecular complexity index is 165. The molecular formula is C10H18O3. The maximum Gasteiger partial charge on any atom is 0.327 e. The Hall–Kier alpha value is -0.830. The largest absolute Gasteiger partial charge is 0.478 e. The van der Waals surface area contributed by atoms with Gasteiger partial charge >= 0.3 is 5.97 Å². The Balaban J connectivity index is 0.000000252. The second-order valence-electron chi connectivity index (χ2n) is 3.60. The lowest BCUT2D eigenvalue weighted by molar-refractivity contribution is -0.131. The standard InChI is InChI=1S/C7H14O.C3H4O2/c1-7(8)5-3-2-4-6-7;1-2-3(4)5/h8H,2-6H2,1H3;2H,1H2,(H,4,5). The van der Waals surface area contributed by atoms with Gasteiger partial charge in [-0.1, -0.05) is 25.8 Å². The Morgan fingerprint density at radius 1 is 1.38 bits per heavy atom. The van der Waals surface area contributed by atoms with Crippen molar-refractivity contribution in [3.8, 4) is 0 Å². The summed E-state index contributed by atoms with van der Waals surface area (Å²) < 4.78 is 0. The summed E-state index contributed by atoms with van der Waals surface area (Å²) in [6.45, 7) is 4.90. The zero-order chi connectivity index (χ0) is 10.3. The van der Waals surface area contributed by atoms with E-state index < -0.39 is 5.97 Å². The van der Waals surface area contributed by atoms with Crippen molar-refractivity contribution in [3.05, 3.63) is 12.7 Å². The van der Waals surface area contributed by atoms with Crippen LogP contribution in [-0.4, -0.2) is 21.8 Å². The van der Waals surface area contributed by atoms with E-state index in [0.717, 1.165) is 18.9 Å².